The van der Waals surface area contributed by atoms with E-state index in [4.69, 9.17) is 0 Å². The van der Waals surface area contributed by atoms with Gasteiger partial charge in [0, 0.05) is 37.3 Å². The second-order valence-electron chi connectivity index (χ2n) is 8.10. The standard InChI is InChI=1S/C25H28N4O2S/c1-18-6-5-7-19(2)25(18)27-22(30)16-28-12-14-29(15-13-28)24(31)17-32-23-11-10-20-8-3-4-9-21(20)26-23/h3-11H,12-17H2,1-2H3,(H,27,30). The third-order valence-electron chi connectivity index (χ3n) is 5.75. The number of carbonyl (C=O) groups excluding carboxylic acids is 2. The molecule has 0 unspecified atom stereocenters. The van der Waals surface area contributed by atoms with Gasteiger partial charge in [-0.2, -0.15) is 0 Å². The third-order valence-corrected chi connectivity index (χ3v) is 6.67. The molecule has 1 aliphatic heterocycles. The van der Waals surface area contributed by atoms with Crippen LogP contribution in [0.3, 0.4) is 0 Å². The maximum absolute atomic E-state index is 12.7. The molecule has 2 aromatic carbocycles. The van der Waals surface area contributed by atoms with Crippen LogP contribution in [-0.4, -0.2) is 65.1 Å². The highest BCUT2D eigenvalue weighted by molar-refractivity contribution is 7.99. The molecule has 1 N–H and O–H groups in total. The van der Waals surface area contributed by atoms with Crippen molar-refractivity contribution in [1.29, 1.82) is 0 Å². The molecule has 2 heterocycles. The largest absolute Gasteiger partial charge is 0.339 e. The lowest BCUT2D eigenvalue weighted by Gasteiger charge is -2.34. The van der Waals surface area contributed by atoms with Gasteiger partial charge in [0.05, 0.1) is 22.8 Å². The highest BCUT2D eigenvalue weighted by Gasteiger charge is 2.23. The lowest BCUT2D eigenvalue weighted by molar-refractivity contribution is -0.130. The fourth-order valence-electron chi connectivity index (χ4n) is 3.90. The zero-order valence-corrected chi connectivity index (χ0v) is 19.3. The van der Waals surface area contributed by atoms with Gasteiger partial charge in [0.1, 0.15) is 0 Å². The molecule has 1 aromatic heterocycles. The summed E-state index contributed by atoms with van der Waals surface area (Å²) in [7, 11) is 0. The molecule has 2 amide bonds. The van der Waals surface area contributed by atoms with E-state index in [-0.39, 0.29) is 11.8 Å². The summed E-state index contributed by atoms with van der Waals surface area (Å²) in [4.78, 5) is 33.8. The van der Waals surface area contributed by atoms with Gasteiger partial charge >= 0.3 is 0 Å². The summed E-state index contributed by atoms with van der Waals surface area (Å²) in [6.07, 6.45) is 0. The molecule has 3 aromatic rings. The SMILES string of the molecule is Cc1cccc(C)c1NC(=O)CN1CCN(C(=O)CSc2ccc3ccccc3n2)CC1. The van der Waals surface area contributed by atoms with Crippen LogP contribution < -0.4 is 5.32 Å². The molecular formula is C25H28N4O2S. The van der Waals surface area contributed by atoms with Crippen molar-refractivity contribution in [1.82, 2.24) is 14.8 Å². The van der Waals surface area contributed by atoms with Crippen LogP contribution in [0.5, 0.6) is 0 Å². The molecule has 1 aliphatic rings. The third kappa shape index (κ3) is 5.47. The van der Waals surface area contributed by atoms with E-state index in [1.807, 2.05) is 73.3 Å². The zero-order valence-electron chi connectivity index (χ0n) is 18.5. The molecule has 0 bridgehead atoms. The highest BCUT2D eigenvalue weighted by Crippen LogP contribution is 2.21. The molecule has 0 atom stereocenters. The van der Waals surface area contributed by atoms with Crippen LogP contribution in [0.2, 0.25) is 0 Å². The molecule has 1 fully saturated rings. The van der Waals surface area contributed by atoms with Crippen LogP contribution >= 0.6 is 11.8 Å². The number of para-hydroxylation sites is 2. The molecule has 32 heavy (non-hydrogen) atoms. The summed E-state index contributed by atoms with van der Waals surface area (Å²) in [5, 5.41) is 5.00. The number of thioether (sulfide) groups is 1. The minimum Gasteiger partial charge on any atom is -0.339 e. The molecule has 0 radical (unpaired) electrons. The summed E-state index contributed by atoms with van der Waals surface area (Å²) >= 11 is 1.47. The van der Waals surface area contributed by atoms with Crippen molar-refractivity contribution >= 4 is 40.2 Å². The fourth-order valence-corrected chi connectivity index (χ4v) is 4.68. The number of fused-ring (bicyclic) bond motifs is 1. The first-order valence-electron chi connectivity index (χ1n) is 10.8. The number of piperazine rings is 1. The van der Waals surface area contributed by atoms with Crippen molar-refractivity contribution in [3.63, 3.8) is 0 Å². The topological polar surface area (TPSA) is 65.5 Å². The Morgan fingerprint density at radius 3 is 2.41 bits per heavy atom. The van der Waals surface area contributed by atoms with Gasteiger partial charge in [0.15, 0.2) is 0 Å². The molecule has 7 heteroatoms. The van der Waals surface area contributed by atoms with Gasteiger partial charge in [0.25, 0.3) is 0 Å². The van der Waals surface area contributed by atoms with E-state index >= 15 is 0 Å². The minimum absolute atomic E-state index is 0.0138. The number of aryl methyl sites for hydroxylation is 2. The number of aromatic nitrogens is 1. The summed E-state index contributed by atoms with van der Waals surface area (Å²) < 4.78 is 0. The average molecular weight is 449 g/mol. The van der Waals surface area contributed by atoms with Crippen molar-refractivity contribution in [2.24, 2.45) is 0 Å². The lowest BCUT2D eigenvalue weighted by Crippen LogP contribution is -2.50. The van der Waals surface area contributed by atoms with Crippen molar-refractivity contribution in [2.75, 3.05) is 43.8 Å². The van der Waals surface area contributed by atoms with E-state index in [1.54, 1.807) is 0 Å². The van der Waals surface area contributed by atoms with Gasteiger partial charge in [-0.15, -0.1) is 0 Å². The average Bonchev–Trinajstić information content (AvgIpc) is 2.80. The molecule has 0 spiro atoms. The Morgan fingerprint density at radius 1 is 0.938 bits per heavy atom. The molecule has 166 valence electrons. The van der Waals surface area contributed by atoms with Gasteiger partial charge in [0.2, 0.25) is 11.8 Å². The minimum atomic E-state index is -0.0138. The number of nitrogens with zero attached hydrogens (tertiary/aromatic N) is 3. The van der Waals surface area contributed by atoms with E-state index in [0.717, 1.165) is 32.7 Å². The van der Waals surface area contributed by atoms with Gasteiger partial charge in [-0.1, -0.05) is 54.2 Å². The first-order valence-corrected chi connectivity index (χ1v) is 11.8. The van der Waals surface area contributed by atoms with Crippen LogP contribution in [-0.2, 0) is 9.59 Å². The van der Waals surface area contributed by atoms with Gasteiger partial charge in [-0.25, -0.2) is 4.98 Å². The van der Waals surface area contributed by atoms with Crippen LogP contribution in [0.15, 0.2) is 59.6 Å². The van der Waals surface area contributed by atoms with Crippen LogP contribution in [0.4, 0.5) is 5.69 Å². The number of rotatable bonds is 6. The number of benzene rings is 2. The van der Waals surface area contributed by atoms with Gasteiger partial charge in [-0.05, 0) is 37.1 Å². The van der Waals surface area contributed by atoms with E-state index in [1.165, 1.54) is 11.8 Å². The Hall–Kier alpha value is -2.90. The van der Waals surface area contributed by atoms with Crippen LogP contribution in [0.1, 0.15) is 11.1 Å². The summed E-state index contributed by atoms with van der Waals surface area (Å²) in [5.74, 6) is 0.475. The number of anilines is 1. The van der Waals surface area contributed by atoms with Crippen molar-refractivity contribution in [3.05, 3.63) is 65.7 Å². The fraction of sp³-hybridized carbons (Fsp3) is 0.320. The summed E-state index contributed by atoms with van der Waals surface area (Å²) in [6, 6.07) is 18.0. The first-order chi connectivity index (χ1) is 15.5. The van der Waals surface area contributed by atoms with E-state index in [2.05, 4.69) is 15.2 Å². The monoisotopic (exact) mass is 448 g/mol. The van der Waals surface area contributed by atoms with Crippen LogP contribution in [0.25, 0.3) is 10.9 Å². The smallest absolute Gasteiger partial charge is 0.238 e. The number of hydrogen-bond donors (Lipinski definition) is 1. The number of hydrogen-bond acceptors (Lipinski definition) is 5. The lowest BCUT2D eigenvalue weighted by atomic mass is 10.1. The molecule has 6 nitrogen and oxygen atoms in total. The van der Waals surface area contributed by atoms with Gasteiger partial charge in [-0.3, -0.25) is 14.5 Å². The molecular weight excluding hydrogens is 420 g/mol. The van der Waals surface area contributed by atoms with E-state index < -0.39 is 0 Å². The van der Waals surface area contributed by atoms with Crippen LogP contribution in [0, 0.1) is 13.8 Å². The Bertz CT molecular complexity index is 1110. The Labute approximate surface area is 193 Å². The second kappa shape index (κ2) is 10.1. The predicted octanol–water partition coefficient (Wildman–Crippen LogP) is 3.73. The predicted molar refractivity (Wildman–Crippen MR) is 130 cm³/mol. The van der Waals surface area contributed by atoms with Gasteiger partial charge < -0.3 is 10.2 Å². The second-order valence-corrected chi connectivity index (χ2v) is 9.10. The van der Waals surface area contributed by atoms with E-state index in [9.17, 15) is 9.59 Å². The number of amides is 2. The quantitative estimate of drug-likeness (QED) is 0.582. The Balaban J connectivity index is 1.23. The molecule has 0 saturated carbocycles. The van der Waals surface area contributed by atoms with E-state index in [0.29, 0.717) is 38.5 Å². The maximum atomic E-state index is 12.7. The number of pyridine rings is 1. The summed E-state index contributed by atoms with van der Waals surface area (Å²) in [6.45, 7) is 7.01. The molecule has 0 aliphatic carbocycles. The number of carbonyl (C=O) groups is 2. The Morgan fingerprint density at radius 2 is 1.66 bits per heavy atom. The number of nitrogens with one attached hydrogen (secondary N) is 1. The molecule has 4 rings (SSSR count). The Kier molecular flexibility index (Phi) is 7.07. The first kappa shape index (κ1) is 22.3. The normalized spacial score (nSPS) is 14.5. The summed E-state index contributed by atoms with van der Waals surface area (Å²) in [5.41, 5.74) is 3.96. The van der Waals surface area contributed by atoms with Crippen molar-refractivity contribution in [2.45, 2.75) is 18.9 Å². The molecule has 1 saturated heterocycles. The highest BCUT2D eigenvalue weighted by atomic mass is 32.2. The maximum Gasteiger partial charge on any atom is 0.238 e. The van der Waals surface area contributed by atoms with Crippen molar-refractivity contribution < 1.29 is 9.59 Å². The van der Waals surface area contributed by atoms with Crippen molar-refractivity contribution in [3.8, 4) is 0 Å². The zero-order chi connectivity index (χ0) is 22.5.